The highest BCUT2D eigenvalue weighted by Gasteiger charge is 2.25. The van der Waals surface area contributed by atoms with E-state index in [0.717, 1.165) is 22.8 Å². The Morgan fingerprint density at radius 1 is 1.07 bits per heavy atom. The van der Waals surface area contributed by atoms with Crippen molar-refractivity contribution in [3.8, 4) is 17.4 Å². The number of benzene rings is 2. The number of anilines is 1. The van der Waals surface area contributed by atoms with Crippen LogP contribution in [-0.4, -0.2) is 16.6 Å². The second-order valence-corrected chi connectivity index (χ2v) is 7.84. The van der Waals surface area contributed by atoms with Crippen molar-refractivity contribution >= 4 is 32.8 Å². The second-order valence-electron chi connectivity index (χ2n) is 5.47. The van der Waals surface area contributed by atoms with E-state index in [4.69, 9.17) is 4.74 Å². The molecule has 0 bridgehead atoms. The molecule has 0 atom stereocenters. The van der Waals surface area contributed by atoms with Crippen molar-refractivity contribution < 1.29 is 17.9 Å². The lowest BCUT2D eigenvalue weighted by Gasteiger charge is -2.15. The SMILES string of the molecule is CN1I=Nc2c1nc(Oc1cccc(F)c1F)n(-c1ccc(F)cc1)c2=O. The van der Waals surface area contributed by atoms with E-state index in [-0.39, 0.29) is 17.4 Å². The van der Waals surface area contributed by atoms with Crippen molar-refractivity contribution in [2.75, 3.05) is 10.2 Å². The van der Waals surface area contributed by atoms with E-state index in [9.17, 15) is 18.0 Å². The van der Waals surface area contributed by atoms with Crippen LogP contribution in [0.25, 0.3) is 5.69 Å². The fourth-order valence-electron chi connectivity index (χ4n) is 2.45. The van der Waals surface area contributed by atoms with E-state index >= 15 is 0 Å². The van der Waals surface area contributed by atoms with Gasteiger partial charge in [-0.05, 0) is 36.4 Å². The molecular weight excluding hydrogens is 476 g/mol. The first-order valence-corrected chi connectivity index (χ1v) is 9.52. The normalized spacial score (nSPS) is 12.7. The van der Waals surface area contributed by atoms with Gasteiger partial charge in [0.25, 0.3) is 5.56 Å². The summed E-state index contributed by atoms with van der Waals surface area (Å²) in [5.41, 5.74) is -0.129. The van der Waals surface area contributed by atoms with Gasteiger partial charge in [-0.1, -0.05) is 6.07 Å². The summed E-state index contributed by atoms with van der Waals surface area (Å²) >= 11 is -0.807. The van der Waals surface area contributed by atoms with Gasteiger partial charge < -0.3 is 4.74 Å². The van der Waals surface area contributed by atoms with Crippen molar-refractivity contribution in [3.63, 3.8) is 0 Å². The maximum absolute atomic E-state index is 14.0. The molecule has 0 radical (unpaired) electrons. The predicted octanol–water partition coefficient (Wildman–Crippen LogP) is 4.59. The molecule has 0 unspecified atom stereocenters. The summed E-state index contributed by atoms with van der Waals surface area (Å²) in [6.45, 7) is 0. The molecule has 3 aromatic rings. The third-order valence-corrected chi connectivity index (χ3v) is 5.54. The van der Waals surface area contributed by atoms with Crippen molar-refractivity contribution in [1.82, 2.24) is 9.55 Å². The molecule has 0 aliphatic carbocycles. The molecule has 0 spiro atoms. The molecule has 1 aromatic heterocycles. The monoisotopic (exact) mass is 486 g/mol. The molecule has 1 aliphatic heterocycles. The third kappa shape index (κ3) is 3.09. The average Bonchev–Trinajstić information content (AvgIpc) is 3.02. The zero-order valence-electron chi connectivity index (χ0n) is 13.7. The van der Waals surface area contributed by atoms with E-state index in [1.807, 2.05) is 0 Å². The van der Waals surface area contributed by atoms with Gasteiger partial charge in [-0.25, -0.2) is 13.3 Å². The average molecular weight is 486 g/mol. The molecule has 0 saturated heterocycles. The fourth-order valence-corrected chi connectivity index (χ4v) is 3.95. The van der Waals surface area contributed by atoms with Crippen molar-refractivity contribution in [3.05, 3.63) is 70.3 Å². The zero-order valence-corrected chi connectivity index (χ0v) is 15.8. The first-order valence-electron chi connectivity index (χ1n) is 7.60. The largest absolute Gasteiger partial charge is 0.422 e. The van der Waals surface area contributed by atoms with Crippen LogP contribution in [0.3, 0.4) is 0 Å². The number of fused-ring (bicyclic) bond motifs is 1. The first kappa shape index (κ1) is 17.6. The van der Waals surface area contributed by atoms with E-state index in [0.29, 0.717) is 5.82 Å². The molecule has 0 amide bonds. The lowest BCUT2D eigenvalue weighted by atomic mass is 10.3. The second kappa shape index (κ2) is 6.76. The van der Waals surface area contributed by atoms with Crippen LogP contribution in [0.1, 0.15) is 0 Å². The highest BCUT2D eigenvalue weighted by Crippen LogP contribution is 2.39. The molecule has 0 N–H and O–H groups in total. The number of aromatic nitrogens is 2. The van der Waals surface area contributed by atoms with Gasteiger partial charge in [0.05, 0.1) is 5.69 Å². The molecular formula is C17H10F3IN4O2. The molecule has 6 nitrogen and oxygen atoms in total. The maximum atomic E-state index is 14.0. The quantitative estimate of drug-likeness (QED) is 0.402. The fraction of sp³-hybridized carbons (Fsp3) is 0.0588. The number of hydrogen-bond donors (Lipinski definition) is 0. The van der Waals surface area contributed by atoms with E-state index < -0.39 is 50.1 Å². The number of ether oxygens (including phenoxy) is 1. The molecule has 138 valence electrons. The van der Waals surface area contributed by atoms with E-state index in [1.54, 1.807) is 10.2 Å². The Morgan fingerprint density at radius 3 is 2.56 bits per heavy atom. The van der Waals surface area contributed by atoms with Gasteiger partial charge in [-0.15, -0.1) is 0 Å². The summed E-state index contributed by atoms with van der Waals surface area (Å²) in [4.78, 5) is 17.2. The van der Waals surface area contributed by atoms with Crippen molar-refractivity contribution in [1.29, 1.82) is 0 Å². The van der Waals surface area contributed by atoms with Gasteiger partial charge in [0.2, 0.25) is 5.82 Å². The van der Waals surface area contributed by atoms with Crippen LogP contribution in [0.2, 0.25) is 0 Å². The number of rotatable bonds is 3. The maximum Gasteiger partial charge on any atom is 0.311 e. The molecule has 2 heterocycles. The molecule has 10 heteroatoms. The molecule has 0 saturated carbocycles. The molecule has 2 aromatic carbocycles. The minimum atomic E-state index is -1.21. The molecule has 0 fully saturated rings. The standard InChI is InChI=1S/C17H10F3IN4O2/c1-24-15-14(23-21-24)16(26)25(10-7-5-9(18)6-8-10)17(22-15)27-12-4-2-3-11(19)13(12)20/h2-8H,1H3. The van der Waals surface area contributed by atoms with Crippen LogP contribution in [0.4, 0.5) is 24.7 Å². The lowest BCUT2D eigenvalue weighted by molar-refractivity contribution is 0.383. The van der Waals surface area contributed by atoms with Gasteiger partial charge in [0, 0.05) is 7.05 Å². The summed E-state index contributed by atoms with van der Waals surface area (Å²) in [6, 6.07) is 8.20. The number of halogens is 4. The van der Waals surface area contributed by atoms with Crippen molar-refractivity contribution in [2.45, 2.75) is 0 Å². The number of nitrogens with zero attached hydrogens (tertiary/aromatic N) is 4. The Morgan fingerprint density at radius 2 is 1.81 bits per heavy atom. The summed E-state index contributed by atoms with van der Waals surface area (Å²) in [7, 11) is 1.73. The van der Waals surface area contributed by atoms with Crippen LogP contribution in [0.5, 0.6) is 11.8 Å². The van der Waals surface area contributed by atoms with Crippen LogP contribution < -0.4 is 13.4 Å². The van der Waals surface area contributed by atoms with Gasteiger partial charge >= 0.3 is 6.01 Å². The van der Waals surface area contributed by atoms with Gasteiger partial charge in [0.15, 0.2) is 23.1 Å². The van der Waals surface area contributed by atoms with Crippen LogP contribution >= 0.6 is 21.3 Å². The van der Waals surface area contributed by atoms with E-state index in [1.165, 1.54) is 24.3 Å². The topological polar surface area (TPSA) is 59.7 Å². The number of hydrogen-bond acceptors (Lipinski definition) is 5. The smallest absolute Gasteiger partial charge is 0.311 e. The Hall–Kier alpha value is -2.76. The summed E-state index contributed by atoms with van der Waals surface area (Å²) < 4.78 is 53.3. The molecule has 27 heavy (non-hydrogen) atoms. The highest BCUT2D eigenvalue weighted by molar-refractivity contribution is 14.2. The molecule has 1 aliphatic rings. The van der Waals surface area contributed by atoms with E-state index in [2.05, 4.69) is 8.13 Å². The van der Waals surface area contributed by atoms with Gasteiger partial charge in [-0.2, -0.15) is 12.5 Å². The Bertz CT molecular complexity index is 1130. The van der Waals surface area contributed by atoms with Crippen LogP contribution in [0, 0.1) is 17.5 Å². The summed E-state index contributed by atoms with van der Waals surface area (Å²) in [6.07, 6.45) is 0. The van der Waals surface area contributed by atoms with Gasteiger partial charge in [-0.3, -0.25) is 7.91 Å². The Kier molecular flexibility index (Phi) is 4.42. The lowest BCUT2D eigenvalue weighted by Crippen LogP contribution is -2.22. The predicted molar refractivity (Wildman–Crippen MR) is 101 cm³/mol. The Balaban J connectivity index is 1.93. The van der Waals surface area contributed by atoms with Crippen LogP contribution in [0.15, 0.2) is 50.4 Å². The third-order valence-electron chi connectivity index (χ3n) is 3.74. The van der Waals surface area contributed by atoms with Crippen molar-refractivity contribution in [2.24, 2.45) is 3.15 Å². The minimum Gasteiger partial charge on any atom is -0.422 e. The van der Waals surface area contributed by atoms with Crippen LogP contribution in [-0.2, 0) is 0 Å². The molecule has 4 rings (SSSR count). The minimum absolute atomic E-state index is 0.154. The summed E-state index contributed by atoms with van der Waals surface area (Å²) in [5.74, 6) is -2.91. The Labute approximate surface area is 161 Å². The first-order chi connectivity index (χ1) is 13.0. The highest BCUT2D eigenvalue weighted by atomic mass is 127. The summed E-state index contributed by atoms with van der Waals surface area (Å²) in [5, 5.41) is 0. The zero-order chi connectivity index (χ0) is 19.1. The van der Waals surface area contributed by atoms with Gasteiger partial charge in [0.1, 0.15) is 27.1 Å².